The summed E-state index contributed by atoms with van der Waals surface area (Å²) < 4.78 is 45.3. The first-order valence-corrected chi connectivity index (χ1v) is 11.5. The minimum Gasteiger partial charge on any atom is -0.467 e. The quantitative estimate of drug-likeness (QED) is 0.465. The van der Waals surface area contributed by atoms with E-state index in [1.165, 1.54) is 29.4 Å². The first-order valence-electron chi connectivity index (χ1n) is 11.5. The van der Waals surface area contributed by atoms with Crippen LogP contribution in [0.1, 0.15) is 37.9 Å². The van der Waals surface area contributed by atoms with Crippen LogP contribution in [0, 0.1) is 6.92 Å². The molecular weight excluding hydrogens is 491 g/mol. The molecular formula is C25H26F3N5O4. The van der Waals surface area contributed by atoms with E-state index >= 15 is 0 Å². The highest BCUT2D eigenvalue weighted by Gasteiger charge is 2.30. The molecule has 2 aromatic heterocycles. The molecule has 196 valence electrons. The lowest BCUT2D eigenvalue weighted by atomic mass is 10.2. The van der Waals surface area contributed by atoms with Gasteiger partial charge in [0, 0.05) is 37.6 Å². The van der Waals surface area contributed by atoms with Gasteiger partial charge in [0.1, 0.15) is 5.76 Å². The van der Waals surface area contributed by atoms with Gasteiger partial charge in [-0.2, -0.15) is 13.2 Å². The molecule has 1 aliphatic heterocycles. The topological polar surface area (TPSA) is 114 Å². The molecule has 0 aliphatic carbocycles. The fourth-order valence-corrected chi connectivity index (χ4v) is 4.23. The van der Waals surface area contributed by atoms with Crippen molar-refractivity contribution < 1.29 is 32.0 Å². The number of primary amides is 1. The number of carbonyl (C=O) groups is 3. The number of amides is 3. The number of nitrogens with one attached hydrogen (secondary N) is 1. The summed E-state index contributed by atoms with van der Waals surface area (Å²) in [5, 5.41) is 2.60. The van der Waals surface area contributed by atoms with Crippen molar-refractivity contribution in [3.63, 3.8) is 0 Å². The summed E-state index contributed by atoms with van der Waals surface area (Å²) in [7, 11) is 0. The second-order valence-corrected chi connectivity index (χ2v) is 8.75. The van der Waals surface area contributed by atoms with Gasteiger partial charge >= 0.3 is 12.2 Å². The minimum atomic E-state index is -4.45. The Morgan fingerprint density at radius 3 is 2.30 bits per heavy atom. The molecule has 3 heterocycles. The Labute approximate surface area is 210 Å². The summed E-state index contributed by atoms with van der Waals surface area (Å²) in [6, 6.07) is 8.80. The number of Topliss-reactive ketones (excluding diaryl/α,β-unsaturated/α-hetero) is 1. The normalized spacial score (nSPS) is 14.5. The molecule has 1 fully saturated rings. The SMILES string of the molecule is Cc1c(C(N)=O)cc(C(=O)CN2CCN(C(=O)Nc3ccc(C(F)(F)F)cc3)CC2)n1Cc1ccco1. The van der Waals surface area contributed by atoms with Crippen molar-refractivity contribution in [2.45, 2.75) is 19.6 Å². The third-order valence-electron chi connectivity index (χ3n) is 6.30. The molecule has 0 bridgehead atoms. The lowest BCUT2D eigenvalue weighted by molar-refractivity contribution is -0.137. The highest BCUT2D eigenvalue weighted by atomic mass is 19.4. The lowest BCUT2D eigenvalue weighted by Gasteiger charge is -2.34. The van der Waals surface area contributed by atoms with Crippen molar-refractivity contribution in [1.82, 2.24) is 14.4 Å². The molecule has 9 nitrogen and oxygen atoms in total. The number of nitrogens with two attached hydrogens (primary N) is 1. The number of alkyl halides is 3. The minimum absolute atomic E-state index is 0.0776. The number of halogens is 3. The fourth-order valence-electron chi connectivity index (χ4n) is 4.23. The number of anilines is 1. The van der Waals surface area contributed by atoms with Gasteiger partial charge in [0.2, 0.25) is 0 Å². The number of carbonyl (C=O) groups excluding carboxylic acids is 3. The lowest BCUT2D eigenvalue weighted by Crippen LogP contribution is -2.51. The highest BCUT2D eigenvalue weighted by Crippen LogP contribution is 2.30. The van der Waals surface area contributed by atoms with Crippen molar-refractivity contribution in [2.75, 3.05) is 38.0 Å². The van der Waals surface area contributed by atoms with Gasteiger partial charge < -0.3 is 24.9 Å². The van der Waals surface area contributed by atoms with Crippen LogP contribution in [0.4, 0.5) is 23.7 Å². The molecule has 37 heavy (non-hydrogen) atoms. The first-order chi connectivity index (χ1) is 17.5. The Morgan fingerprint density at radius 2 is 1.73 bits per heavy atom. The number of hydrogen-bond acceptors (Lipinski definition) is 5. The number of ketones is 1. The Hall–Kier alpha value is -4.06. The van der Waals surface area contributed by atoms with E-state index in [1.807, 2.05) is 4.90 Å². The molecule has 1 aromatic carbocycles. The molecule has 3 amide bonds. The molecule has 4 rings (SSSR count). The number of urea groups is 1. The zero-order valence-corrected chi connectivity index (χ0v) is 20.0. The van der Waals surface area contributed by atoms with Gasteiger partial charge in [0.15, 0.2) is 5.78 Å². The van der Waals surface area contributed by atoms with Crippen molar-refractivity contribution in [3.8, 4) is 0 Å². The predicted molar refractivity (Wildman–Crippen MR) is 128 cm³/mol. The van der Waals surface area contributed by atoms with Crippen molar-refractivity contribution >= 4 is 23.4 Å². The molecule has 0 atom stereocenters. The van der Waals surface area contributed by atoms with Crippen LogP contribution >= 0.6 is 0 Å². The first kappa shape index (κ1) is 26.0. The zero-order chi connectivity index (χ0) is 26.7. The molecule has 0 saturated carbocycles. The van der Waals surface area contributed by atoms with Gasteiger partial charge in [-0.25, -0.2) is 4.79 Å². The Bertz CT molecular complexity index is 1270. The maximum atomic E-state index is 13.2. The molecule has 1 saturated heterocycles. The zero-order valence-electron chi connectivity index (χ0n) is 20.0. The number of rotatable bonds is 7. The molecule has 0 unspecified atom stereocenters. The standard InChI is InChI=1S/C25H26F3N5O4/c1-16-20(23(29)35)13-21(33(16)14-19-3-2-12-37-19)22(34)15-31-8-10-32(11-9-31)24(36)30-18-6-4-17(5-7-18)25(26,27)28/h2-7,12-13H,8-11,14-15H2,1H3,(H2,29,35)(H,30,36). The van der Waals surface area contributed by atoms with Crippen LogP contribution in [-0.2, 0) is 12.7 Å². The molecule has 3 aromatic rings. The third kappa shape index (κ3) is 6.02. The Kier molecular flexibility index (Phi) is 7.39. The molecule has 0 radical (unpaired) electrons. The van der Waals surface area contributed by atoms with Gasteiger partial charge in [0.05, 0.1) is 36.2 Å². The van der Waals surface area contributed by atoms with E-state index in [9.17, 15) is 27.6 Å². The maximum absolute atomic E-state index is 13.2. The second kappa shape index (κ2) is 10.5. The van der Waals surface area contributed by atoms with Gasteiger partial charge in [-0.1, -0.05) is 0 Å². The number of aromatic nitrogens is 1. The number of nitrogens with zero attached hydrogens (tertiary/aromatic N) is 3. The van der Waals surface area contributed by atoms with Gasteiger partial charge in [-0.05, 0) is 49.4 Å². The second-order valence-electron chi connectivity index (χ2n) is 8.75. The van der Waals surface area contributed by atoms with E-state index in [0.717, 1.165) is 12.1 Å². The smallest absolute Gasteiger partial charge is 0.416 e. The molecule has 0 spiro atoms. The number of hydrogen-bond donors (Lipinski definition) is 2. The van der Waals surface area contributed by atoms with Crippen LogP contribution in [0.5, 0.6) is 0 Å². The summed E-state index contributed by atoms with van der Waals surface area (Å²) in [4.78, 5) is 41.0. The van der Waals surface area contributed by atoms with E-state index < -0.39 is 23.7 Å². The van der Waals surface area contributed by atoms with E-state index in [2.05, 4.69) is 5.32 Å². The number of furan rings is 1. The van der Waals surface area contributed by atoms with E-state index in [1.54, 1.807) is 23.6 Å². The summed E-state index contributed by atoms with van der Waals surface area (Å²) >= 11 is 0. The van der Waals surface area contributed by atoms with Crippen LogP contribution in [0.25, 0.3) is 0 Å². The van der Waals surface area contributed by atoms with Gasteiger partial charge in [-0.3, -0.25) is 14.5 Å². The van der Waals surface area contributed by atoms with Crippen molar-refractivity contribution in [2.24, 2.45) is 5.73 Å². The largest absolute Gasteiger partial charge is 0.467 e. The average molecular weight is 518 g/mol. The molecule has 12 heteroatoms. The highest BCUT2D eigenvalue weighted by molar-refractivity contribution is 6.01. The summed E-state index contributed by atoms with van der Waals surface area (Å²) in [6.07, 6.45) is -2.92. The van der Waals surface area contributed by atoms with Crippen molar-refractivity contribution in [3.05, 3.63) is 77.0 Å². The fraction of sp³-hybridized carbons (Fsp3) is 0.320. The summed E-state index contributed by atoms with van der Waals surface area (Å²) in [6.45, 7) is 3.57. The van der Waals surface area contributed by atoms with Gasteiger partial charge in [-0.15, -0.1) is 0 Å². The van der Waals surface area contributed by atoms with E-state index in [4.69, 9.17) is 10.2 Å². The summed E-state index contributed by atoms with van der Waals surface area (Å²) in [5.41, 5.74) is 6.12. The van der Waals surface area contributed by atoms with Crippen molar-refractivity contribution in [1.29, 1.82) is 0 Å². The summed E-state index contributed by atoms with van der Waals surface area (Å²) in [5.74, 6) is -0.210. The Balaban J connectivity index is 1.35. The van der Waals surface area contributed by atoms with Crippen LogP contribution in [0.3, 0.4) is 0 Å². The number of piperazine rings is 1. The van der Waals surface area contributed by atoms with E-state index in [-0.39, 0.29) is 30.1 Å². The van der Waals surface area contributed by atoms with Crippen LogP contribution < -0.4 is 11.1 Å². The number of benzene rings is 1. The van der Waals surface area contributed by atoms with Crippen LogP contribution in [-0.4, -0.2) is 64.8 Å². The molecule has 1 aliphatic rings. The Morgan fingerprint density at radius 1 is 1.05 bits per heavy atom. The van der Waals surface area contributed by atoms with E-state index in [0.29, 0.717) is 43.3 Å². The monoisotopic (exact) mass is 517 g/mol. The third-order valence-corrected chi connectivity index (χ3v) is 6.30. The van der Waals surface area contributed by atoms with Crippen LogP contribution in [0.15, 0.2) is 53.1 Å². The maximum Gasteiger partial charge on any atom is 0.416 e. The van der Waals surface area contributed by atoms with Gasteiger partial charge in [0.25, 0.3) is 5.91 Å². The molecule has 3 N–H and O–H groups in total. The van der Waals surface area contributed by atoms with Crippen LogP contribution in [0.2, 0.25) is 0 Å². The predicted octanol–water partition coefficient (Wildman–Crippen LogP) is 3.59. The average Bonchev–Trinajstić information content (AvgIpc) is 3.48.